The number of urea groups is 1. The number of hydrogen-bond donors (Lipinski definition) is 1. The number of nitrogens with one attached hydrogen (secondary N) is 1. The summed E-state index contributed by atoms with van der Waals surface area (Å²) in [7, 11) is 0. The van der Waals surface area contributed by atoms with Gasteiger partial charge in [-0.15, -0.1) is 0 Å². The second-order valence-electron chi connectivity index (χ2n) is 5.25. The minimum atomic E-state index is -0.405. The van der Waals surface area contributed by atoms with Crippen molar-refractivity contribution in [3.05, 3.63) is 0 Å². The molecule has 2 heterocycles. The summed E-state index contributed by atoms with van der Waals surface area (Å²) in [5.74, 6) is 0.0536. The Balaban J connectivity index is 1.80. The lowest BCUT2D eigenvalue weighted by Crippen LogP contribution is -2.51. The van der Waals surface area contributed by atoms with Crippen LogP contribution in [0.1, 0.15) is 39.0 Å². The molecule has 2 saturated heterocycles. The van der Waals surface area contributed by atoms with Gasteiger partial charge in [0.25, 0.3) is 0 Å². The highest BCUT2D eigenvalue weighted by atomic mass is 16.2. The van der Waals surface area contributed by atoms with Crippen molar-refractivity contribution in [1.29, 1.82) is 0 Å². The second kappa shape index (κ2) is 6.07. The fraction of sp³-hybridized carbons (Fsp3) is 0.846. The first-order chi connectivity index (χ1) is 8.68. The zero-order chi connectivity index (χ0) is 13.0. The van der Waals surface area contributed by atoms with Gasteiger partial charge in [0.05, 0.1) is 0 Å². The zero-order valence-corrected chi connectivity index (χ0v) is 11.2. The molecule has 0 aromatic rings. The minimum Gasteiger partial charge on any atom is -0.341 e. The molecule has 102 valence electrons. The Morgan fingerprint density at radius 1 is 0.889 bits per heavy atom. The lowest BCUT2D eigenvalue weighted by Gasteiger charge is -2.29. The molecule has 0 aromatic heterocycles. The van der Waals surface area contributed by atoms with Crippen LogP contribution in [0.25, 0.3) is 0 Å². The molecule has 0 aliphatic carbocycles. The quantitative estimate of drug-likeness (QED) is 0.804. The first-order valence-electron chi connectivity index (χ1n) is 7.03. The highest BCUT2D eigenvalue weighted by Crippen LogP contribution is 2.11. The number of likely N-dealkylation sites (tertiary alicyclic amines) is 2. The Morgan fingerprint density at radius 2 is 1.39 bits per heavy atom. The molecule has 18 heavy (non-hydrogen) atoms. The van der Waals surface area contributed by atoms with Crippen LogP contribution in [0.3, 0.4) is 0 Å². The van der Waals surface area contributed by atoms with Gasteiger partial charge in [-0.2, -0.15) is 0 Å². The smallest absolute Gasteiger partial charge is 0.318 e. The summed E-state index contributed by atoms with van der Waals surface area (Å²) in [6, 6.07) is -0.493. The van der Waals surface area contributed by atoms with Crippen LogP contribution in [-0.4, -0.2) is 54.0 Å². The summed E-state index contributed by atoms with van der Waals surface area (Å²) < 4.78 is 0. The van der Waals surface area contributed by atoms with Gasteiger partial charge < -0.3 is 15.1 Å². The predicted molar refractivity (Wildman–Crippen MR) is 69.2 cm³/mol. The van der Waals surface area contributed by atoms with Crippen LogP contribution in [0.4, 0.5) is 4.79 Å². The standard InChI is InChI=1S/C13H23N3O2/c1-11(12(17)15-7-5-6-8-15)14-13(18)16-9-3-2-4-10-16/h11H,2-10H2,1H3,(H,14,18). The molecular weight excluding hydrogens is 230 g/mol. The van der Waals surface area contributed by atoms with E-state index in [9.17, 15) is 9.59 Å². The van der Waals surface area contributed by atoms with Crippen LogP contribution in [0.2, 0.25) is 0 Å². The van der Waals surface area contributed by atoms with Gasteiger partial charge in [0.15, 0.2) is 0 Å². The third kappa shape index (κ3) is 3.15. The fourth-order valence-electron chi connectivity index (χ4n) is 2.65. The summed E-state index contributed by atoms with van der Waals surface area (Å²) >= 11 is 0. The Hall–Kier alpha value is -1.26. The molecule has 2 aliphatic heterocycles. The van der Waals surface area contributed by atoms with Crippen LogP contribution < -0.4 is 5.32 Å². The normalized spacial score (nSPS) is 21.8. The van der Waals surface area contributed by atoms with Crippen LogP contribution in [0.15, 0.2) is 0 Å². The van der Waals surface area contributed by atoms with E-state index in [1.54, 1.807) is 6.92 Å². The Morgan fingerprint density at radius 3 is 2.00 bits per heavy atom. The number of hydrogen-bond acceptors (Lipinski definition) is 2. The summed E-state index contributed by atoms with van der Waals surface area (Å²) in [5.41, 5.74) is 0. The zero-order valence-electron chi connectivity index (χ0n) is 11.2. The maximum Gasteiger partial charge on any atom is 0.318 e. The predicted octanol–water partition coefficient (Wildman–Crippen LogP) is 1.19. The van der Waals surface area contributed by atoms with E-state index in [2.05, 4.69) is 5.32 Å². The molecule has 1 N–H and O–H groups in total. The Labute approximate surface area is 108 Å². The van der Waals surface area contributed by atoms with Crippen LogP contribution in [-0.2, 0) is 4.79 Å². The highest BCUT2D eigenvalue weighted by Gasteiger charge is 2.26. The highest BCUT2D eigenvalue weighted by molar-refractivity contribution is 5.86. The van der Waals surface area contributed by atoms with E-state index < -0.39 is 6.04 Å². The van der Waals surface area contributed by atoms with Gasteiger partial charge in [-0.3, -0.25) is 4.79 Å². The van der Waals surface area contributed by atoms with Crippen molar-refractivity contribution in [2.45, 2.75) is 45.1 Å². The van der Waals surface area contributed by atoms with Crippen molar-refractivity contribution in [3.8, 4) is 0 Å². The van der Waals surface area contributed by atoms with Crippen LogP contribution >= 0.6 is 0 Å². The molecule has 1 atom stereocenters. The Kier molecular flexibility index (Phi) is 4.44. The summed E-state index contributed by atoms with van der Waals surface area (Å²) in [6.45, 7) is 5.08. The van der Waals surface area contributed by atoms with Crippen molar-refractivity contribution in [2.75, 3.05) is 26.2 Å². The van der Waals surface area contributed by atoms with Crippen molar-refractivity contribution in [1.82, 2.24) is 15.1 Å². The first-order valence-corrected chi connectivity index (χ1v) is 7.03. The summed E-state index contributed by atoms with van der Waals surface area (Å²) in [5, 5.41) is 2.82. The maximum absolute atomic E-state index is 12.1. The lowest BCUT2D eigenvalue weighted by atomic mass is 10.1. The Bertz CT molecular complexity index is 307. The van der Waals surface area contributed by atoms with Crippen molar-refractivity contribution >= 4 is 11.9 Å². The number of amides is 3. The van der Waals surface area contributed by atoms with E-state index in [0.29, 0.717) is 0 Å². The van der Waals surface area contributed by atoms with E-state index in [1.807, 2.05) is 9.80 Å². The van der Waals surface area contributed by atoms with E-state index in [-0.39, 0.29) is 11.9 Å². The van der Waals surface area contributed by atoms with Gasteiger partial charge in [0.2, 0.25) is 5.91 Å². The molecule has 0 aromatic carbocycles. The van der Waals surface area contributed by atoms with Gasteiger partial charge >= 0.3 is 6.03 Å². The molecule has 1 unspecified atom stereocenters. The molecule has 3 amide bonds. The molecule has 0 saturated carbocycles. The number of nitrogens with zero attached hydrogens (tertiary/aromatic N) is 2. The molecule has 0 bridgehead atoms. The number of piperidine rings is 1. The summed E-state index contributed by atoms with van der Waals surface area (Å²) in [4.78, 5) is 27.7. The third-order valence-corrected chi connectivity index (χ3v) is 3.77. The largest absolute Gasteiger partial charge is 0.341 e. The molecule has 2 fully saturated rings. The third-order valence-electron chi connectivity index (χ3n) is 3.77. The van der Waals surface area contributed by atoms with Crippen LogP contribution in [0.5, 0.6) is 0 Å². The van der Waals surface area contributed by atoms with E-state index >= 15 is 0 Å². The monoisotopic (exact) mass is 253 g/mol. The molecule has 0 spiro atoms. The van der Waals surface area contributed by atoms with Gasteiger partial charge in [0, 0.05) is 26.2 Å². The average molecular weight is 253 g/mol. The van der Waals surface area contributed by atoms with E-state index in [4.69, 9.17) is 0 Å². The maximum atomic E-state index is 12.1. The van der Waals surface area contributed by atoms with Gasteiger partial charge in [0.1, 0.15) is 6.04 Å². The van der Waals surface area contributed by atoms with Crippen molar-refractivity contribution < 1.29 is 9.59 Å². The number of rotatable bonds is 2. The van der Waals surface area contributed by atoms with Crippen molar-refractivity contribution in [2.24, 2.45) is 0 Å². The number of carbonyl (C=O) groups is 2. The van der Waals surface area contributed by atoms with Gasteiger partial charge in [-0.1, -0.05) is 0 Å². The van der Waals surface area contributed by atoms with Crippen LogP contribution in [0, 0.1) is 0 Å². The van der Waals surface area contributed by atoms with Crippen molar-refractivity contribution in [3.63, 3.8) is 0 Å². The molecule has 2 aliphatic rings. The molecule has 5 heteroatoms. The average Bonchev–Trinajstić information content (AvgIpc) is 2.92. The van der Waals surface area contributed by atoms with Gasteiger partial charge in [-0.05, 0) is 39.0 Å². The van der Waals surface area contributed by atoms with E-state index in [0.717, 1.165) is 51.9 Å². The topological polar surface area (TPSA) is 52.7 Å². The fourth-order valence-corrected chi connectivity index (χ4v) is 2.65. The number of carbonyl (C=O) groups excluding carboxylic acids is 2. The lowest BCUT2D eigenvalue weighted by molar-refractivity contribution is -0.131. The minimum absolute atomic E-state index is 0.0536. The van der Waals surface area contributed by atoms with Gasteiger partial charge in [-0.25, -0.2) is 4.79 Å². The second-order valence-corrected chi connectivity index (χ2v) is 5.25. The SMILES string of the molecule is CC(NC(=O)N1CCCCC1)C(=O)N1CCCC1. The molecular formula is C13H23N3O2. The molecule has 5 nitrogen and oxygen atoms in total. The molecule has 2 rings (SSSR count). The first kappa shape index (κ1) is 13.2. The van der Waals surface area contributed by atoms with E-state index in [1.165, 1.54) is 6.42 Å². The molecule has 0 radical (unpaired) electrons. The summed E-state index contributed by atoms with van der Waals surface area (Å²) in [6.07, 6.45) is 5.51.